The van der Waals surface area contributed by atoms with Crippen LogP contribution in [0.25, 0.3) is 0 Å². The zero-order valence-corrected chi connectivity index (χ0v) is 24.8. The summed E-state index contributed by atoms with van der Waals surface area (Å²) in [6.45, 7) is 12.3. The minimum Gasteiger partial charge on any atom is -1.00 e. The second-order valence-electron chi connectivity index (χ2n) is 10.4. The Morgan fingerprint density at radius 3 is 0.967 bits per heavy atom. The number of hydrogen-bond acceptors (Lipinski definition) is 0. The first-order valence-electron chi connectivity index (χ1n) is 13.9. The Morgan fingerprint density at radius 1 is 0.433 bits per heavy atom. The summed E-state index contributed by atoms with van der Waals surface area (Å²) in [5.41, 5.74) is 0. The molecule has 0 fully saturated rings. The van der Waals surface area contributed by atoms with Crippen LogP contribution in [0.1, 0.15) is 136 Å². The lowest BCUT2D eigenvalue weighted by molar-refractivity contribution is -0.00000678. The number of rotatable bonds is 23. The third-order valence-corrected chi connectivity index (χ3v) is 16.5. The van der Waals surface area contributed by atoms with Gasteiger partial charge in [-0.15, -0.1) is 0 Å². The van der Waals surface area contributed by atoms with Gasteiger partial charge in [-0.3, -0.25) is 0 Å². The summed E-state index contributed by atoms with van der Waals surface area (Å²) < 4.78 is 0. The van der Waals surface area contributed by atoms with E-state index in [-0.39, 0.29) is 12.4 Å². The molecule has 3 heteroatoms. The van der Waals surface area contributed by atoms with Gasteiger partial charge >= 0.3 is 0 Å². The highest BCUT2D eigenvalue weighted by molar-refractivity contribution is 7.77. The zero-order chi connectivity index (χ0) is 21.6. The van der Waals surface area contributed by atoms with Crippen molar-refractivity contribution in [2.75, 3.05) is 24.3 Å². The van der Waals surface area contributed by atoms with Gasteiger partial charge in [-0.05, 0) is 38.5 Å². The quantitative estimate of drug-likeness (QED) is 0.0832. The van der Waals surface area contributed by atoms with E-state index >= 15 is 0 Å². The molecule has 0 aromatic heterocycles. The molecule has 0 N–H and O–H groups in total. The molecular formula is C27H60ClPSi. The summed E-state index contributed by atoms with van der Waals surface area (Å²) in [7, 11) is -1.11. The van der Waals surface area contributed by atoms with Crippen LogP contribution in [0.4, 0.5) is 0 Å². The lowest BCUT2D eigenvalue weighted by Gasteiger charge is -2.30. The summed E-state index contributed by atoms with van der Waals surface area (Å²) >= 11 is 0. The summed E-state index contributed by atoms with van der Waals surface area (Å²) in [5, 5.41) is 0. The van der Waals surface area contributed by atoms with Crippen molar-refractivity contribution in [2.24, 2.45) is 0 Å². The van der Waals surface area contributed by atoms with Gasteiger partial charge in [0.05, 0.1) is 27.3 Å². The maximum atomic E-state index is 2.64. The molecular weight excluding hydrogens is 419 g/mol. The van der Waals surface area contributed by atoms with Gasteiger partial charge in [0.15, 0.2) is 0 Å². The van der Waals surface area contributed by atoms with Gasteiger partial charge in [-0.2, -0.15) is 0 Å². The fourth-order valence-electron chi connectivity index (χ4n) is 5.07. The zero-order valence-electron chi connectivity index (χ0n) is 22.0. The predicted molar refractivity (Wildman–Crippen MR) is 145 cm³/mol. The summed E-state index contributed by atoms with van der Waals surface area (Å²) in [6.07, 6.45) is 31.7. The maximum Gasteiger partial charge on any atom is 0.0760 e. The summed E-state index contributed by atoms with van der Waals surface area (Å²) in [6, 6.07) is 0. The lowest BCUT2D eigenvalue weighted by atomic mass is 10.1. The van der Waals surface area contributed by atoms with E-state index in [2.05, 4.69) is 33.9 Å². The second-order valence-corrected chi connectivity index (χ2v) is 18.7. The van der Waals surface area contributed by atoms with Crippen molar-refractivity contribution < 1.29 is 12.4 Å². The standard InChI is InChI=1S/C27H60PSi.ClH/c1-6-9-12-15-18-21-24-28(27-29(4)5,25-22-19-16-13-10-7-2)26-23-20-17-14-11-8-3;/h29H,6-27H2,1-5H3;1H/q+1;/p-1. The lowest BCUT2D eigenvalue weighted by Crippen LogP contribution is -3.00. The van der Waals surface area contributed by atoms with Gasteiger partial charge < -0.3 is 12.4 Å². The Balaban J connectivity index is 0. The van der Waals surface area contributed by atoms with Gasteiger partial charge in [0, 0.05) is 13.0 Å². The molecule has 0 saturated carbocycles. The van der Waals surface area contributed by atoms with E-state index in [0.717, 1.165) is 0 Å². The summed E-state index contributed by atoms with van der Waals surface area (Å²) in [5.74, 6) is 1.73. The van der Waals surface area contributed by atoms with Gasteiger partial charge in [0.1, 0.15) is 0 Å². The Labute approximate surface area is 201 Å². The molecule has 0 aliphatic carbocycles. The van der Waals surface area contributed by atoms with E-state index in [1.165, 1.54) is 96.3 Å². The van der Waals surface area contributed by atoms with Crippen LogP contribution >= 0.6 is 7.26 Å². The van der Waals surface area contributed by atoms with E-state index in [1.54, 1.807) is 43.5 Å². The van der Waals surface area contributed by atoms with Gasteiger partial charge in [0.25, 0.3) is 0 Å². The highest BCUT2D eigenvalue weighted by Gasteiger charge is 2.36. The summed E-state index contributed by atoms with van der Waals surface area (Å²) in [4.78, 5) is 0. The first-order valence-corrected chi connectivity index (χ1v) is 19.6. The number of halogens is 1. The Morgan fingerprint density at radius 2 is 0.700 bits per heavy atom. The molecule has 0 radical (unpaired) electrons. The maximum absolute atomic E-state index is 2.64. The topological polar surface area (TPSA) is 0 Å². The first kappa shape index (κ1) is 33.1. The van der Waals surface area contributed by atoms with Crippen molar-refractivity contribution >= 4 is 16.1 Å². The highest BCUT2D eigenvalue weighted by Crippen LogP contribution is 2.61. The van der Waals surface area contributed by atoms with Crippen molar-refractivity contribution in [3.05, 3.63) is 0 Å². The SMILES string of the molecule is CCCCCCCC[P+](CCCCCCCC)(CCCCCCCC)C[SiH](C)C.[Cl-]. The normalized spacial score (nSPS) is 11.8. The fourth-order valence-corrected chi connectivity index (χ4v) is 16.8. The third-order valence-electron chi connectivity index (χ3n) is 6.71. The van der Waals surface area contributed by atoms with Crippen molar-refractivity contribution in [2.45, 2.75) is 149 Å². The molecule has 0 aromatic rings. The van der Waals surface area contributed by atoms with Crippen LogP contribution in [0.5, 0.6) is 0 Å². The average molecular weight is 479 g/mol. The molecule has 0 rings (SSSR count). The van der Waals surface area contributed by atoms with Crippen LogP contribution in [-0.2, 0) is 0 Å². The van der Waals surface area contributed by atoms with Crippen LogP contribution in [0.15, 0.2) is 0 Å². The molecule has 0 amide bonds. The smallest absolute Gasteiger partial charge is 0.0760 e. The fraction of sp³-hybridized carbons (Fsp3) is 1.00. The van der Waals surface area contributed by atoms with Crippen molar-refractivity contribution in [3.8, 4) is 0 Å². The molecule has 30 heavy (non-hydrogen) atoms. The van der Waals surface area contributed by atoms with E-state index in [0.29, 0.717) is 0 Å². The molecule has 0 unspecified atom stereocenters. The Bertz CT molecular complexity index is 281. The minimum absolute atomic E-state index is 0. The van der Waals surface area contributed by atoms with E-state index < -0.39 is 16.1 Å². The number of hydrogen-bond donors (Lipinski definition) is 0. The van der Waals surface area contributed by atoms with Crippen molar-refractivity contribution in [1.29, 1.82) is 0 Å². The molecule has 0 atom stereocenters. The second kappa shape index (κ2) is 24.6. The molecule has 0 heterocycles. The largest absolute Gasteiger partial charge is 1.00 e. The third kappa shape index (κ3) is 20.8. The van der Waals surface area contributed by atoms with Gasteiger partial charge in [-0.25, -0.2) is 0 Å². The van der Waals surface area contributed by atoms with Crippen LogP contribution in [0, 0.1) is 0 Å². The van der Waals surface area contributed by atoms with Gasteiger partial charge in [-0.1, -0.05) is 111 Å². The predicted octanol–water partition coefficient (Wildman–Crippen LogP) is 7.12. The highest BCUT2D eigenvalue weighted by atomic mass is 35.5. The van der Waals surface area contributed by atoms with Crippen LogP contribution in [-0.4, -0.2) is 33.1 Å². The monoisotopic (exact) mass is 478 g/mol. The van der Waals surface area contributed by atoms with Crippen molar-refractivity contribution in [1.82, 2.24) is 0 Å². The van der Waals surface area contributed by atoms with E-state index in [1.807, 2.05) is 0 Å². The van der Waals surface area contributed by atoms with E-state index in [4.69, 9.17) is 0 Å². The first-order chi connectivity index (χ1) is 14.1. The Kier molecular flexibility index (Phi) is 27.1. The number of unbranched alkanes of at least 4 members (excludes halogenated alkanes) is 15. The molecule has 0 nitrogen and oxygen atoms in total. The van der Waals surface area contributed by atoms with Crippen LogP contribution in [0.3, 0.4) is 0 Å². The molecule has 0 spiro atoms. The molecule has 0 aliphatic rings. The van der Waals surface area contributed by atoms with Crippen LogP contribution in [0.2, 0.25) is 13.1 Å². The molecule has 184 valence electrons. The molecule has 0 saturated heterocycles. The van der Waals surface area contributed by atoms with Gasteiger partial charge in [0.2, 0.25) is 0 Å². The van der Waals surface area contributed by atoms with E-state index in [9.17, 15) is 0 Å². The average Bonchev–Trinajstić information content (AvgIpc) is 2.69. The molecule has 0 bridgehead atoms. The van der Waals surface area contributed by atoms with Crippen LogP contribution < -0.4 is 12.4 Å². The molecule has 0 aromatic carbocycles. The van der Waals surface area contributed by atoms with Crippen molar-refractivity contribution in [3.63, 3.8) is 0 Å². The Hall–Kier alpha value is 0.937. The molecule has 0 aliphatic heterocycles. The minimum atomic E-state index is -0.657.